The molecule has 6 rings (SSSR count). The van der Waals surface area contributed by atoms with E-state index in [-0.39, 0.29) is 5.56 Å². The number of rotatable bonds is 5. The molecule has 5 aromatic rings. The molecule has 0 bridgehead atoms. The Balaban J connectivity index is 1.35. The Bertz CT molecular complexity index is 1630. The molecule has 2 heterocycles. The molecule has 0 saturated carbocycles. The number of aromatic nitrogens is 2. The number of H-pyrrole nitrogens is 1. The first kappa shape index (κ1) is 22.1. The Morgan fingerprint density at radius 3 is 2.80 bits per heavy atom. The van der Waals surface area contributed by atoms with E-state index in [0.717, 1.165) is 52.2 Å². The summed E-state index contributed by atoms with van der Waals surface area (Å²) in [4.78, 5) is 22.8. The van der Waals surface area contributed by atoms with E-state index >= 15 is 0 Å². The number of thiophene rings is 1. The number of hydrogen-bond acceptors (Lipinski definition) is 5. The molecule has 0 fully saturated rings. The lowest BCUT2D eigenvalue weighted by Crippen LogP contribution is -2.11. The van der Waals surface area contributed by atoms with Crippen molar-refractivity contribution in [1.29, 1.82) is 0 Å². The Kier molecular flexibility index (Phi) is 5.71. The molecule has 35 heavy (non-hydrogen) atoms. The van der Waals surface area contributed by atoms with Gasteiger partial charge in [-0.2, -0.15) is 0 Å². The van der Waals surface area contributed by atoms with E-state index in [4.69, 9.17) is 26.1 Å². The van der Waals surface area contributed by atoms with Crippen LogP contribution in [0.2, 0.25) is 5.02 Å². The molecule has 0 atom stereocenters. The lowest BCUT2D eigenvalue weighted by atomic mass is 9.97. The molecular weight excluding hydrogens is 480 g/mol. The summed E-state index contributed by atoms with van der Waals surface area (Å²) in [6, 6.07) is 17.9. The van der Waals surface area contributed by atoms with Crippen LogP contribution in [0.3, 0.4) is 0 Å². The van der Waals surface area contributed by atoms with Crippen LogP contribution in [0.15, 0.2) is 59.4 Å². The molecule has 3 aromatic carbocycles. The first-order valence-corrected chi connectivity index (χ1v) is 12.8. The molecule has 1 N–H and O–H groups in total. The smallest absolute Gasteiger partial charge is 0.260 e. The summed E-state index contributed by atoms with van der Waals surface area (Å²) in [6.45, 7) is 0.346. The molecular formula is C28H23ClN2O3S. The van der Waals surface area contributed by atoms with Gasteiger partial charge in [0.15, 0.2) is 11.5 Å². The molecule has 1 aliphatic carbocycles. The van der Waals surface area contributed by atoms with Crippen LogP contribution in [0.1, 0.15) is 28.8 Å². The number of benzene rings is 3. The molecule has 0 amide bonds. The Morgan fingerprint density at radius 2 is 1.91 bits per heavy atom. The van der Waals surface area contributed by atoms with Crippen LogP contribution in [0.5, 0.6) is 11.5 Å². The largest absolute Gasteiger partial charge is 0.493 e. The first-order valence-electron chi connectivity index (χ1n) is 11.6. The van der Waals surface area contributed by atoms with E-state index in [9.17, 15) is 4.79 Å². The molecule has 0 aliphatic heterocycles. The van der Waals surface area contributed by atoms with Crippen LogP contribution < -0.4 is 15.0 Å². The van der Waals surface area contributed by atoms with Gasteiger partial charge in [0.1, 0.15) is 17.3 Å². The van der Waals surface area contributed by atoms with Crippen molar-refractivity contribution in [3.63, 3.8) is 0 Å². The van der Waals surface area contributed by atoms with Gasteiger partial charge < -0.3 is 14.5 Å². The number of halogens is 1. The fourth-order valence-corrected chi connectivity index (χ4v) is 6.39. The minimum absolute atomic E-state index is 0.101. The summed E-state index contributed by atoms with van der Waals surface area (Å²) in [5.74, 6) is 1.42. The van der Waals surface area contributed by atoms with Crippen molar-refractivity contribution in [2.75, 3.05) is 7.11 Å². The number of hydrogen-bond donors (Lipinski definition) is 1. The third-order valence-electron chi connectivity index (χ3n) is 6.58. The molecule has 0 spiro atoms. The van der Waals surface area contributed by atoms with Crippen molar-refractivity contribution < 1.29 is 9.47 Å². The van der Waals surface area contributed by atoms with Crippen LogP contribution in [0.25, 0.3) is 32.4 Å². The highest BCUT2D eigenvalue weighted by Gasteiger charge is 2.21. The van der Waals surface area contributed by atoms with Gasteiger partial charge in [0.2, 0.25) is 0 Å². The SMILES string of the molecule is COc1cc(-c2nc3sc4c(c3c(=O)[nH]2)CCCC4)cc(Cl)c1OCc1cccc2ccccc12. The Hall–Kier alpha value is -3.35. The van der Waals surface area contributed by atoms with Crippen molar-refractivity contribution in [2.24, 2.45) is 0 Å². The maximum absolute atomic E-state index is 13.0. The molecule has 0 unspecified atom stereocenters. The zero-order valence-electron chi connectivity index (χ0n) is 19.2. The van der Waals surface area contributed by atoms with Gasteiger partial charge in [-0.3, -0.25) is 4.79 Å². The van der Waals surface area contributed by atoms with Crippen molar-refractivity contribution in [3.05, 3.63) is 86.0 Å². The van der Waals surface area contributed by atoms with Gasteiger partial charge in [0.25, 0.3) is 5.56 Å². The van der Waals surface area contributed by atoms with Crippen molar-refractivity contribution in [3.8, 4) is 22.9 Å². The number of nitrogens with zero attached hydrogens (tertiary/aromatic N) is 1. The predicted octanol–water partition coefficient (Wildman–Crippen LogP) is 6.92. The molecule has 0 saturated heterocycles. The standard InChI is InChI=1S/C28H23ClN2O3S/c1-33-22-14-18(26-30-27(32)24-20-11-4-5-12-23(20)35-28(24)31-26)13-21(29)25(22)34-15-17-9-6-8-16-7-2-3-10-19(16)17/h2-3,6-10,13-14H,4-5,11-12,15H2,1H3,(H,30,31,32). The second-order valence-corrected chi connectivity index (χ2v) is 10.2. The van der Waals surface area contributed by atoms with E-state index in [1.54, 1.807) is 24.5 Å². The normalized spacial score (nSPS) is 13.2. The number of fused-ring (bicyclic) bond motifs is 4. The summed E-state index contributed by atoms with van der Waals surface area (Å²) in [5.41, 5.74) is 2.80. The minimum atomic E-state index is -0.101. The number of methoxy groups -OCH3 is 1. The fraction of sp³-hybridized carbons (Fsp3) is 0.214. The highest BCUT2D eigenvalue weighted by Crippen LogP contribution is 2.40. The van der Waals surface area contributed by atoms with Gasteiger partial charge in [-0.25, -0.2) is 4.98 Å². The van der Waals surface area contributed by atoms with E-state index in [1.807, 2.05) is 30.3 Å². The summed E-state index contributed by atoms with van der Waals surface area (Å²) >= 11 is 8.29. The molecule has 2 aromatic heterocycles. The average molecular weight is 503 g/mol. The van der Waals surface area contributed by atoms with Crippen LogP contribution in [0, 0.1) is 0 Å². The third kappa shape index (κ3) is 3.97. The van der Waals surface area contributed by atoms with Crippen LogP contribution in [-0.2, 0) is 19.4 Å². The zero-order valence-corrected chi connectivity index (χ0v) is 20.8. The van der Waals surface area contributed by atoms with E-state index in [1.165, 1.54) is 10.4 Å². The zero-order chi connectivity index (χ0) is 23.9. The predicted molar refractivity (Wildman–Crippen MR) is 142 cm³/mol. The highest BCUT2D eigenvalue weighted by atomic mass is 35.5. The Labute approximate surface area is 211 Å². The lowest BCUT2D eigenvalue weighted by molar-refractivity contribution is 0.286. The molecule has 1 aliphatic rings. The number of aryl methyl sites for hydroxylation is 2. The van der Waals surface area contributed by atoms with E-state index in [2.05, 4.69) is 23.2 Å². The first-order chi connectivity index (χ1) is 17.1. The summed E-state index contributed by atoms with van der Waals surface area (Å²) in [6.07, 6.45) is 4.25. The highest BCUT2D eigenvalue weighted by molar-refractivity contribution is 7.18. The Morgan fingerprint density at radius 1 is 1.09 bits per heavy atom. The topological polar surface area (TPSA) is 64.2 Å². The summed E-state index contributed by atoms with van der Waals surface area (Å²) < 4.78 is 11.8. The number of ether oxygens (including phenoxy) is 2. The number of aromatic amines is 1. The number of nitrogens with one attached hydrogen (secondary N) is 1. The van der Waals surface area contributed by atoms with Gasteiger partial charge in [-0.1, -0.05) is 54.1 Å². The molecule has 176 valence electrons. The molecule has 0 radical (unpaired) electrons. The van der Waals surface area contributed by atoms with Gasteiger partial charge in [0, 0.05) is 10.4 Å². The van der Waals surface area contributed by atoms with Crippen LogP contribution in [0.4, 0.5) is 0 Å². The van der Waals surface area contributed by atoms with Gasteiger partial charge >= 0.3 is 0 Å². The molecule has 7 heteroatoms. The maximum Gasteiger partial charge on any atom is 0.260 e. The van der Waals surface area contributed by atoms with Gasteiger partial charge in [0.05, 0.1) is 17.5 Å². The van der Waals surface area contributed by atoms with Crippen LogP contribution >= 0.6 is 22.9 Å². The van der Waals surface area contributed by atoms with E-state index in [0.29, 0.717) is 34.5 Å². The monoisotopic (exact) mass is 502 g/mol. The van der Waals surface area contributed by atoms with Crippen molar-refractivity contribution in [2.45, 2.75) is 32.3 Å². The third-order valence-corrected chi connectivity index (χ3v) is 8.05. The minimum Gasteiger partial charge on any atom is -0.493 e. The van der Waals surface area contributed by atoms with Crippen molar-refractivity contribution >= 4 is 43.9 Å². The maximum atomic E-state index is 13.0. The second-order valence-electron chi connectivity index (χ2n) is 8.72. The van der Waals surface area contributed by atoms with Crippen molar-refractivity contribution in [1.82, 2.24) is 9.97 Å². The van der Waals surface area contributed by atoms with Gasteiger partial charge in [-0.15, -0.1) is 11.3 Å². The van der Waals surface area contributed by atoms with Gasteiger partial charge in [-0.05, 0) is 59.7 Å². The fourth-order valence-electron chi connectivity index (χ4n) is 4.87. The van der Waals surface area contributed by atoms with E-state index < -0.39 is 0 Å². The quantitative estimate of drug-likeness (QED) is 0.283. The summed E-state index contributed by atoms with van der Waals surface area (Å²) in [5, 5.41) is 3.42. The summed E-state index contributed by atoms with van der Waals surface area (Å²) in [7, 11) is 1.58. The second kappa shape index (κ2) is 9.02. The average Bonchev–Trinajstić information content (AvgIpc) is 3.26. The van der Waals surface area contributed by atoms with Crippen LogP contribution in [-0.4, -0.2) is 17.1 Å². The molecule has 5 nitrogen and oxygen atoms in total. The lowest BCUT2D eigenvalue weighted by Gasteiger charge is -2.15.